The molecule has 1 aromatic heterocycles. The summed E-state index contributed by atoms with van der Waals surface area (Å²) in [5.74, 6) is 0.181. The quantitative estimate of drug-likeness (QED) is 0.789. The molecule has 0 aliphatic heterocycles. The summed E-state index contributed by atoms with van der Waals surface area (Å²) in [6.45, 7) is -0.116. The maximum Gasteiger partial charge on any atom is 0.244 e. The summed E-state index contributed by atoms with van der Waals surface area (Å²) in [4.78, 5) is -0.0253. The molecule has 0 amide bonds. The summed E-state index contributed by atoms with van der Waals surface area (Å²) < 4.78 is 31.9. The van der Waals surface area contributed by atoms with Crippen molar-refractivity contribution >= 4 is 37.6 Å². The van der Waals surface area contributed by atoms with E-state index >= 15 is 0 Å². The van der Waals surface area contributed by atoms with Gasteiger partial charge in [0, 0.05) is 17.6 Å². The smallest absolute Gasteiger partial charge is 0.244 e. The maximum absolute atomic E-state index is 12.1. The molecule has 0 radical (unpaired) electrons. The van der Waals surface area contributed by atoms with E-state index in [4.69, 9.17) is 21.1 Å². The highest BCUT2D eigenvalue weighted by atomic mass is 79.9. The third kappa shape index (κ3) is 4.31. The molecule has 2 N–H and O–H groups in total. The van der Waals surface area contributed by atoms with Crippen LogP contribution in [0.15, 0.2) is 44.3 Å². The van der Waals surface area contributed by atoms with Crippen molar-refractivity contribution in [1.82, 2.24) is 4.72 Å². The van der Waals surface area contributed by atoms with Crippen molar-refractivity contribution in [2.45, 2.75) is 17.9 Å². The van der Waals surface area contributed by atoms with Crippen LogP contribution in [-0.2, 0) is 23.1 Å². The zero-order valence-corrected chi connectivity index (χ0v) is 14.0. The van der Waals surface area contributed by atoms with Crippen LogP contribution in [0.3, 0.4) is 0 Å². The third-order valence-electron chi connectivity index (χ3n) is 2.77. The Bertz CT molecular complexity index is 712. The Morgan fingerprint density at radius 3 is 2.52 bits per heavy atom. The molecule has 8 heteroatoms. The highest BCUT2D eigenvalue weighted by Crippen LogP contribution is 2.26. The van der Waals surface area contributed by atoms with Gasteiger partial charge in [-0.3, -0.25) is 0 Å². The van der Waals surface area contributed by atoms with E-state index in [1.165, 1.54) is 6.07 Å². The summed E-state index contributed by atoms with van der Waals surface area (Å²) in [6.07, 6.45) is 0.540. The molecular formula is C13H13BrClNO4S. The lowest BCUT2D eigenvalue weighted by molar-refractivity contribution is 0.245. The van der Waals surface area contributed by atoms with E-state index in [0.29, 0.717) is 11.4 Å². The van der Waals surface area contributed by atoms with Gasteiger partial charge in [-0.1, -0.05) is 23.7 Å². The van der Waals surface area contributed by atoms with Crippen LogP contribution in [0.2, 0.25) is 5.02 Å². The van der Waals surface area contributed by atoms with Crippen molar-refractivity contribution in [3.8, 4) is 0 Å². The van der Waals surface area contributed by atoms with Gasteiger partial charge in [0.25, 0.3) is 0 Å². The summed E-state index contributed by atoms with van der Waals surface area (Å²) >= 11 is 8.81. The van der Waals surface area contributed by atoms with Crippen molar-refractivity contribution in [2.24, 2.45) is 0 Å². The van der Waals surface area contributed by atoms with E-state index in [1.54, 1.807) is 12.1 Å². The lowest BCUT2D eigenvalue weighted by Gasteiger charge is -2.05. The average molecular weight is 395 g/mol. The fourth-order valence-corrected chi connectivity index (χ4v) is 3.87. The first-order valence-corrected chi connectivity index (χ1v) is 8.71. The van der Waals surface area contributed by atoms with Gasteiger partial charge in [0.1, 0.15) is 17.3 Å². The Morgan fingerprint density at radius 1 is 1.29 bits per heavy atom. The highest BCUT2D eigenvalue weighted by molar-refractivity contribution is 9.10. The first-order valence-electron chi connectivity index (χ1n) is 6.05. The standard InChI is InChI=1S/C13H13BrClNO4S/c14-13-12(7-11(8-17)20-13)21(18,19)16-6-5-9-1-3-10(15)4-2-9/h1-4,7,16-17H,5-6,8H2. The molecule has 21 heavy (non-hydrogen) atoms. The zero-order valence-electron chi connectivity index (χ0n) is 10.8. The summed E-state index contributed by atoms with van der Waals surface area (Å²) in [6, 6.07) is 8.48. The van der Waals surface area contributed by atoms with E-state index in [1.807, 2.05) is 12.1 Å². The van der Waals surface area contributed by atoms with E-state index in [9.17, 15) is 8.42 Å². The van der Waals surface area contributed by atoms with Crippen molar-refractivity contribution in [3.05, 3.63) is 51.3 Å². The number of halogens is 2. The van der Waals surface area contributed by atoms with Crippen LogP contribution < -0.4 is 4.72 Å². The number of rotatable bonds is 6. The first-order chi connectivity index (χ1) is 9.92. The number of hydrogen-bond donors (Lipinski definition) is 2. The van der Waals surface area contributed by atoms with E-state index in [2.05, 4.69) is 20.7 Å². The molecule has 0 aliphatic rings. The minimum absolute atomic E-state index is 0.0253. The topological polar surface area (TPSA) is 79.5 Å². The number of hydrogen-bond acceptors (Lipinski definition) is 4. The van der Waals surface area contributed by atoms with Gasteiger partial charge < -0.3 is 9.52 Å². The molecule has 0 spiro atoms. The number of sulfonamides is 1. The second-order valence-corrected chi connectivity index (χ2v) is 7.18. The Kier molecular flexibility index (Phi) is 5.45. The van der Waals surface area contributed by atoms with Crippen LogP contribution in [0.5, 0.6) is 0 Å². The third-order valence-corrected chi connectivity index (χ3v) is 5.34. The fraction of sp³-hybridized carbons (Fsp3) is 0.231. The number of aliphatic hydroxyl groups is 1. The Morgan fingerprint density at radius 2 is 1.95 bits per heavy atom. The monoisotopic (exact) mass is 393 g/mol. The molecule has 0 aliphatic carbocycles. The van der Waals surface area contributed by atoms with E-state index < -0.39 is 10.0 Å². The molecule has 0 fully saturated rings. The second-order valence-electron chi connectivity index (χ2n) is 4.28. The maximum atomic E-state index is 12.1. The van der Waals surface area contributed by atoms with Crippen molar-refractivity contribution in [3.63, 3.8) is 0 Å². The average Bonchev–Trinajstić information content (AvgIpc) is 2.83. The Hall–Kier alpha value is -0.860. The van der Waals surface area contributed by atoms with E-state index in [-0.39, 0.29) is 28.5 Å². The second kappa shape index (κ2) is 6.93. The van der Waals surface area contributed by atoms with Gasteiger partial charge in [-0.2, -0.15) is 0 Å². The molecule has 2 rings (SSSR count). The van der Waals surface area contributed by atoms with Crippen LogP contribution in [0, 0.1) is 0 Å². The molecule has 0 saturated heterocycles. The molecular weight excluding hydrogens is 382 g/mol. The van der Waals surface area contributed by atoms with Gasteiger partial charge in [0.2, 0.25) is 10.0 Å². The van der Waals surface area contributed by atoms with Gasteiger partial charge in [-0.25, -0.2) is 13.1 Å². The molecule has 0 unspecified atom stereocenters. The van der Waals surface area contributed by atoms with Crippen LogP contribution in [-0.4, -0.2) is 20.1 Å². The highest BCUT2D eigenvalue weighted by Gasteiger charge is 2.21. The SMILES string of the molecule is O=S(=O)(NCCc1ccc(Cl)cc1)c1cc(CO)oc1Br. The fourth-order valence-electron chi connectivity index (χ4n) is 1.72. The van der Waals surface area contributed by atoms with E-state index in [0.717, 1.165) is 5.56 Å². The molecule has 1 aromatic carbocycles. The zero-order chi connectivity index (χ0) is 15.5. The normalized spacial score (nSPS) is 11.8. The minimum atomic E-state index is -3.69. The Balaban J connectivity index is 2.01. The summed E-state index contributed by atoms with van der Waals surface area (Å²) in [5, 5.41) is 9.58. The Labute approximate surface area is 136 Å². The molecule has 0 bridgehead atoms. The molecule has 0 atom stereocenters. The van der Waals surface area contributed by atoms with Crippen LogP contribution in [0.1, 0.15) is 11.3 Å². The lowest BCUT2D eigenvalue weighted by atomic mass is 10.2. The summed E-state index contributed by atoms with van der Waals surface area (Å²) in [7, 11) is -3.69. The molecule has 114 valence electrons. The number of furan rings is 1. The van der Waals surface area contributed by atoms with Gasteiger partial charge >= 0.3 is 0 Å². The van der Waals surface area contributed by atoms with Gasteiger partial charge in [-0.05, 0) is 40.0 Å². The van der Waals surface area contributed by atoms with Gasteiger partial charge in [0.05, 0.1) is 0 Å². The molecule has 1 heterocycles. The number of aliphatic hydroxyl groups excluding tert-OH is 1. The largest absolute Gasteiger partial charge is 0.450 e. The number of nitrogens with one attached hydrogen (secondary N) is 1. The predicted molar refractivity (Wildman–Crippen MR) is 82.7 cm³/mol. The molecule has 0 saturated carbocycles. The molecule has 2 aromatic rings. The lowest BCUT2D eigenvalue weighted by Crippen LogP contribution is -2.25. The first kappa shape index (κ1) is 16.5. The van der Waals surface area contributed by atoms with Gasteiger partial charge in [-0.15, -0.1) is 0 Å². The van der Waals surface area contributed by atoms with Crippen LogP contribution in [0.4, 0.5) is 0 Å². The van der Waals surface area contributed by atoms with Crippen molar-refractivity contribution in [1.29, 1.82) is 0 Å². The van der Waals surface area contributed by atoms with Gasteiger partial charge in [0.15, 0.2) is 4.67 Å². The summed E-state index contributed by atoms with van der Waals surface area (Å²) in [5.41, 5.74) is 0.976. The number of benzene rings is 1. The molecule has 5 nitrogen and oxygen atoms in total. The van der Waals surface area contributed by atoms with Crippen molar-refractivity contribution < 1.29 is 17.9 Å². The minimum Gasteiger partial charge on any atom is -0.450 e. The van der Waals surface area contributed by atoms with Crippen LogP contribution in [0.25, 0.3) is 0 Å². The van der Waals surface area contributed by atoms with Crippen molar-refractivity contribution in [2.75, 3.05) is 6.54 Å². The van der Waals surface area contributed by atoms with Crippen LogP contribution >= 0.6 is 27.5 Å². The predicted octanol–water partition coefficient (Wildman–Crippen LogP) is 2.71.